The minimum atomic E-state index is -1.11. The van der Waals surface area contributed by atoms with Crippen molar-refractivity contribution in [2.24, 2.45) is 0 Å². The Morgan fingerprint density at radius 1 is 1.21 bits per heavy atom. The van der Waals surface area contributed by atoms with Gasteiger partial charge in [-0.3, -0.25) is 0 Å². The second kappa shape index (κ2) is 12.3. The quantitative estimate of drug-likeness (QED) is 0.259. The number of amides is 1. The summed E-state index contributed by atoms with van der Waals surface area (Å²) in [5.41, 5.74) is 1.78. The average molecular weight is 594 g/mol. The third-order valence-corrected chi connectivity index (χ3v) is 7.75. The molecule has 12 heteroatoms. The highest BCUT2D eigenvalue weighted by Crippen LogP contribution is 2.42. The van der Waals surface area contributed by atoms with E-state index in [0.29, 0.717) is 16.8 Å². The Morgan fingerprint density at radius 3 is 2.64 bits per heavy atom. The Kier molecular flexibility index (Phi) is 8.59. The van der Waals surface area contributed by atoms with Gasteiger partial charge >= 0.3 is 12.1 Å². The number of ether oxygens (including phenoxy) is 3. The highest BCUT2D eigenvalue weighted by Gasteiger charge is 2.33. The van der Waals surface area contributed by atoms with Gasteiger partial charge in [0, 0.05) is 44.8 Å². The minimum absolute atomic E-state index is 0.0103. The van der Waals surface area contributed by atoms with Crippen molar-refractivity contribution in [2.75, 3.05) is 45.4 Å². The topological polar surface area (TPSA) is 121 Å². The Balaban J connectivity index is 1.69. The van der Waals surface area contributed by atoms with Crippen LogP contribution in [0.15, 0.2) is 42.5 Å². The fourth-order valence-corrected chi connectivity index (χ4v) is 5.70. The molecule has 1 aliphatic rings. The molecule has 0 bridgehead atoms. The lowest BCUT2D eigenvalue weighted by molar-refractivity contribution is -0.123. The number of hydrogen-bond acceptors (Lipinski definition) is 8. The van der Waals surface area contributed by atoms with E-state index < -0.39 is 24.2 Å². The van der Waals surface area contributed by atoms with Gasteiger partial charge in [-0.15, -0.1) is 0 Å². The van der Waals surface area contributed by atoms with Gasteiger partial charge in [0.05, 0.1) is 23.6 Å². The monoisotopic (exact) mass is 593 g/mol. The molecule has 1 aliphatic heterocycles. The second-order valence-electron chi connectivity index (χ2n) is 9.90. The van der Waals surface area contributed by atoms with Crippen LogP contribution in [0.2, 0.25) is 5.02 Å². The summed E-state index contributed by atoms with van der Waals surface area (Å²) in [6.45, 7) is 2.44. The number of piperazine rings is 1. The predicted octanol–water partition coefficient (Wildman–Crippen LogP) is 5.63. The van der Waals surface area contributed by atoms with Gasteiger partial charge in [0.2, 0.25) is 0 Å². The number of methoxy groups -OCH3 is 2. The molecule has 10 nitrogen and oxygen atoms in total. The van der Waals surface area contributed by atoms with Crippen LogP contribution in [0.1, 0.15) is 12.0 Å². The molecular weight excluding hydrogens is 565 g/mol. The molecular formula is C30H29ClFN5O5. The third-order valence-electron chi connectivity index (χ3n) is 7.45. The standard InChI is InChI=1S/C30H29ClFN5O5/c1-17-6-4-7-18-8-5-9-20(24(17)18)25-22(31)14-21-27(26(25)32)34-29(42-16-23(40-2)41-3)35-28(21)36-12-13-37(30(38)39)19(15-36)10-11-33/h4-9,14,19,23H,10,12-13,15-16H2,1-3H3,(H,38,39)/t19-/m0/s1. The molecule has 1 saturated heterocycles. The van der Waals surface area contributed by atoms with E-state index in [1.54, 1.807) is 11.0 Å². The number of rotatable bonds is 8. The molecule has 0 aliphatic carbocycles. The van der Waals surface area contributed by atoms with E-state index in [4.69, 9.17) is 25.8 Å². The number of benzene rings is 3. The van der Waals surface area contributed by atoms with Crippen molar-refractivity contribution < 1.29 is 28.5 Å². The predicted molar refractivity (Wildman–Crippen MR) is 156 cm³/mol. The number of hydrogen-bond donors (Lipinski definition) is 1. The van der Waals surface area contributed by atoms with Crippen molar-refractivity contribution in [3.63, 3.8) is 0 Å². The van der Waals surface area contributed by atoms with Crippen molar-refractivity contribution in [1.82, 2.24) is 14.9 Å². The van der Waals surface area contributed by atoms with Gasteiger partial charge in [0.25, 0.3) is 0 Å². The molecule has 1 atom stereocenters. The molecule has 1 fully saturated rings. The van der Waals surface area contributed by atoms with Crippen LogP contribution in [0.3, 0.4) is 0 Å². The Hall–Kier alpha value is -4.24. The number of carbonyl (C=O) groups is 1. The molecule has 1 amide bonds. The molecule has 42 heavy (non-hydrogen) atoms. The molecule has 218 valence electrons. The van der Waals surface area contributed by atoms with Crippen molar-refractivity contribution in [3.05, 3.63) is 58.9 Å². The molecule has 5 rings (SSSR count). The molecule has 4 aromatic rings. The summed E-state index contributed by atoms with van der Waals surface area (Å²) < 4.78 is 32.9. The van der Waals surface area contributed by atoms with Crippen LogP contribution >= 0.6 is 11.6 Å². The number of fused-ring (bicyclic) bond motifs is 2. The maximum atomic E-state index is 16.7. The fraction of sp³-hybridized carbons (Fsp3) is 0.333. The lowest BCUT2D eigenvalue weighted by atomic mass is 9.94. The van der Waals surface area contributed by atoms with Crippen molar-refractivity contribution in [3.8, 4) is 23.2 Å². The molecule has 1 N–H and O–H groups in total. The third kappa shape index (κ3) is 5.48. The van der Waals surface area contributed by atoms with E-state index in [1.165, 1.54) is 19.1 Å². The van der Waals surface area contributed by atoms with Gasteiger partial charge in [0.1, 0.15) is 17.9 Å². The molecule has 0 saturated carbocycles. The van der Waals surface area contributed by atoms with Crippen LogP contribution in [-0.4, -0.2) is 78.9 Å². The summed E-state index contributed by atoms with van der Waals surface area (Å²) in [6, 6.07) is 14.5. The molecule has 3 aromatic carbocycles. The van der Waals surface area contributed by atoms with Crippen molar-refractivity contribution >= 4 is 45.2 Å². The largest absolute Gasteiger partial charge is 0.465 e. The number of carboxylic acid groups (broad SMARTS) is 1. The van der Waals surface area contributed by atoms with E-state index in [-0.39, 0.29) is 54.8 Å². The van der Waals surface area contributed by atoms with Crippen LogP contribution in [0.4, 0.5) is 15.0 Å². The van der Waals surface area contributed by atoms with Crippen molar-refractivity contribution in [1.29, 1.82) is 5.26 Å². The number of nitriles is 1. The number of nitrogens with zero attached hydrogens (tertiary/aromatic N) is 5. The highest BCUT2D eigenvalue weighted by atomic mass is 35.5. The summed E-state index contributed by atoms with van der Waals surface area (Å²) in [7, 11) is 2.92. The summed E-state index contributed by atoms with van der Waals surface area (Å²) in [4.78, 5) is 23.9. The second-order valence-corrected chi connectivity index (χ2v) is 10.3. The normalized spacial score (nSPS) is 15.4. The van der Waals surface area contributed by atoms with Gasteiger partial charge in [-0.2, -0.15) is 15.2 Å². The Morgan fingerprint density at radius 2 is 1.95 bits per heavy atom. The summed E-state index contributed by atoms with van der Waals surface area (Å²) in [5.74, 6) is -0.328. The number of aryl methyl sites for hydroxylation is 1. The maximum absolute atomic E-state index is 16.7. The number of aromatic nitrogens is 2. The van der Waals surface area contributed by atoms with Gasteiger partial charge in [-0.1, -0.05) is 48.0 Å². The Labute approximate surface area is 246 Å². The fourth-order valence-electron chi connectivity index (χ4n) is 5.40. The van der Waals surface area contributed by atoms with Crippen molar-refractivity contribution in [2.45, 2.75) is 25.7 Å². The molecule has 0 unspecified atom stereocenters. The first kappa shape index (κ1) is 29.3. The van der Waals surface area contributed by atoms with E-state index in [9.17, 15) is 15.2 Å². The molecule has 2 heterocycles. The average Bonchev–Trinajstić information content (AvgIpc) is 2.98. The zero-order valence-corrected chi connectivity index (χ0v) is 24.1. The van der Waals surface area contributed by atoms with E-state index in [1.807, 2.05) is 43.3 Å². The minimum Gasteiger partial charge on any atom is -0.465 e. The van der Waals surface area contributed by atoms with Crippen LogP contribution in [0.5, 0.6) is 6.01 Å². The van der Waals surface area contributed by atoms with Crippen LogP contribution in [0, 0.1) is 24.1 Å². The first-order chi connectivity index (χ1) is 20.3. The lowest BCUT2D eigenvalue weighted by Crippen LogP contribution is -2.55. The zero-order chi connectivity index (χ0) is 30.0. The summed E-state index contributed by atoms with van der Waals surface area (Å²) in [5, 5.41) is 21.3. The van der Waals surface area contributed by atoms with E-state index in [0.717, 1.165) is 16.3 Å². The number of anilines is 1. The van der Waals surface area contributed by atoms with E-state index >= 15 is 4.39 Å². The first-order valence-electron chi connectivity index (χ1n) is 13.3. The van der Waals surface area contributed by atoms with Gasteiger partial charge in [-0.25, -0.2) is 9.18 Å². The summed E-state index contributed by atoms with van der Waals surface area (Å²) >= 11 is 6.82. The highest BCUT2D eigenvalue weighted by molar-refractivity contribution is 6.35. The zero-order valence-electron chi connectivity index (χ0n) is 23.3. The van der Waals surface area contributed by atoms with E-state index in [2.05, 4.69) is 16.0 Å². The number of halogens is 2. The molecule has 0 radical (unpaired) electrons. The Bertz CT molecular complexity index is 1690. The van der Waals surface area contributed by atoms with Gasteiger partial charge < -0.3 is 29.1 Å². The van der Waals surface area contributed by atoms with Crippen LogP contribution < -0.4 is 9.64 Å². The van der Waals surface area contributed by atoms with Crippen LogP contribution in [0.25, 0.3) is 32.8 Å². The maximum Gasteiger partial charge on any atom is 0.407 e. The smallest absolute Gasteiger partial charge is 0.407 e. The lowest BCUT2D eigenvalue weighted by Gasteiger charge is -2.40. The van der Waals surface area contributed by atoms with Crippen LogP contribution in [-0.2, 0) is 9.47 Å². The first-order valence-corrected chi connectivity index (χ1v) is 13.6. The summed E-state index contributed by atoms with van der Waals surface area (Å²) in [6.07, 6.45) is -1.84. The molecule has 1 aromatic heterocycles. The molecule has 0 spiro atoms. The van der Waals surface area contributed by atoms with Gasteiger partial charge in [-0.05, 0) is 34.9 Å². The SMILES string of the molecule is COC(COc1nc(N2CCN(C(=O)O)[C@@H](CC#N)C2)c2cc(Cl)c(-c3cccc4cccc(C)c34)c(F)c2n1)OC. The van der Waals surface area contributed by atoms with Gasteiger partial charge in [0.15, 0.2) is 12.1 Å².